The van der Waals surface area contributed by atoms with E-state index in [9.17, 15) is 9.90 Å². The molecule has 1 aromatic heterocycles. The molecule has 2 aromatic rings. The predicted octanol–water partition coefficient (Wildman–Crippen LogP) is 2.57. The lowest BCUT2D eigenvalue weighted by Crippen LogP contribution is -2.22. The molecular weight excluding hydrogens is 242 g/mol. The lowest BCUT2D eigenvalue weighted by molar-refractivity contribution is -0.138. The quantitative estimate of drug-likeness (QED) is 0.788. The van der Waals surface area contributed by atoms with E-state index in [4.69, 9.17) is 0 Å². The van der Waals surface area contributed by atoms with Crippen molar-refractivity contribution in [3.8, 4) is 0 Å². The van der Waals surface area contributed by atoms with Gasteiger partial charge in [-0.05, 0) is 32.4 Å². The molecule has 100 valence electrons. The second-order valence-electron chi connectivity index (χ2n) is 4.58. The molecule has 0 aliphatic rings. The highest BCUT2D eigenvalue weighted by molar-refractivity contribution is 5.80. The van der Waals surface area contributed by atoms with Crippen molar-refractivity contribution < 1.29 is 9.90 Å². The maximum atomic E-state index is 11.5. The monoisotopic (exact) mass is 259 g/mol. The number of benzene rings is 1. The van der Waals surface area contributed by atoms with E-state index in [1.54, 1.807) is 6.92 Å². The van der Waals surface area contributed by atoms with Crippen molar-refractivity contribution in [2.24, 2.45) is 0 Å². The molecule has 0 aliphatic heterocycles. The first-order valence-corrected chi connectivity index (χ1v) is 6.07. The molecule has 0 fully saturated rings. The van der Waals surface area contributed by atoms with E-state index >= 15 is 0 Å². The molecule has 2 rings (SSSR count). The van der Waals surface area contributed by atoms with Gasteiger partial charge in [-0.2, -0.15) is 5.10 Å². The molecule has 5 nitrogen and oxygen atoms in total. The molecule has 0 radical (unpaired) electrons. The summed E-state index contributed by atoms with van der Waals surface area (Å²) in [6, 6.07) is 6.81. The third-order valence-corrected chi connectivity index (χ3v) is 3.17. The minimum Gasteiger partial charge on any atom is -0.479 e. The van der Waals surface area contributed by atoms with Crippen LogP contribution in [-0.4, -0.2) is 21.3 Å². The van der Waals surface area contributed by atoms with Crippen molar-refractivity contribution in [1.29, 1.82) is 0 Å². The van der Waals surface area contributed by atoms with Crippen molar-refractivity contribution in [2.75, 3.05) is 5.32 Å². The third-order valence-electron chi connectivity index (χ3n) is 3.17. The molecule has 0 saturated carbocycles. The number of carboxylic acids is 1. The number of aliphatic carboxylic acids is 1. The number of nitrogens with zero attached hydrogens (tertiary/aromatic N) is 1. The van der Waals surface area contributed by atoms with Gasteiger partial charge in [-0.25, -0.2) is 4.79 Å². The summed E-state index contributed by atoms with van der Waals surface area (Å²) in [5.74, 6) is -0.921. The summed E-state index contributed by atoms with van der Waals surface area (Å²) < 4.78 is 0. The first-order chi connectivity index (χ1) is 9.00. The Kier molecular flexibility index (Phi) is 3.55. The van der Waals surface area contributed by atoms with Gasteiger partial charge in [0.1, 0.15) is 0 Å². The second-order valence-corrected chi connectivity index (χ2v) is 4.58. The van der Waals surface area contributed by atoms with E-state index in [1.807, 2.05) is 38.1 Å². The number of rotatable bonds is 4. The van der Waals surface area contributed by atoms with E-state index in [0.29, 0.717) is 11.3 Å². The normalized spacial score (nSPS) is 12.2. The number of aromatic nitrogens is 2. The van der Waals surface area contributed by atoms with Crippen LogP contribution in [0.15, 0.2) is 24.3 Å². The highest BCUT2D eigenvalue weighted by Gasteiger charge is 2.25. The number of hydrogen-bond donors (Lipinski definition) is 3. The number of para-hydroxylation sites is 1. The van der Waals surface area contributed by atoms with E-state index in [0.717, 1.165) is 16.9 Å². The van der Waals surface area contributed by atoms with Crippen LogP contribution in [0.2, 0.25) is 0 Å². The largest absolute Gasteiger partial charge is 0.479 e. The predicted molar refractivity (Wildman–Crippen MR) is 73.2 cm³/mol. The topological polar surface area (TPSA) is 78.0 Å². The van der Waals surface area contributed by atoms with Crippen molar-refractivity contribution in [3.63, 3.8) is 0 Å². The molecule has 0 aliphatic carbocycles. The lowest BCUT2D eigenvalue weighted by Gasteiger charge is -2.17. The number of carbonyl (C=O) groups is 1. The van der Waals surface area contributed by atoms with E-state index in [-0.39, 0.29) is 0 Å². The highest BCUT2D eigenvalue weighted by Crippen LogP contribution is 2.26. The number of anilines is 1. The molecule has 1 unspecified atom stereocenters. The molecule has 1 atom stereocenters. The summed E-state index contributed by atoms with van der Waals surface area (Å²) in [5.41, 5.74) is 3.98. The molecule has 5 heteroatoms. The zero-order valence-electron chi connectivity index (χ0n) is 11.2. The summed E-state index contributed by atoms with van der Waals surface area (Å²) in [6.07, 6.45) is 0. The van der Waals surface area contributed by atoms with Gasteiger partial charge in [0.2, 0.25) is 0 Å². The number of aryl methyl sites for hydroxylation is 3. The molecule has 0 bridgehead atoms. The number of H-pyrrole nitrogens is 1. The van der Waals surface area contributed by atoms with Crippen LogP contribution >= 0.6 is 0 Å². The van der Waals surface area contributed by atoms with Gasteiger partial charge >= 0.3 is 5.97 Å². The van der Waals surface area contributed by atoms with Crippen molar-refractivity contribution in [2.45, 2.75) is 26.8 Å². The van der Waals surface area contributed by atoms with Crippen LogP contribution in [0.25, 0.3) is 0 Å². The standard InChI is InChI=1S/C14H17N3O2/c1-8-6-4-5-7-11(8)15-13(14(18)19)12-9(2)16-17-10(12)3/h4-7,13,15H,1-3H3,(H,16,17)(H,18,19). The zero-order valence-corrected chi connectivity index (χ0v) is 11.2. The van der Waals surface area contributed by atoms with Crippen LogP contribution in [0.5, 0.6) is 0 Å². The minimum atomic E-state index is -0.921. The molecule has 1 heterocycles. The van der Waals surface area contributed by atoms with Crippen LogP contribution in [0, 0.1) is 20.8 Å². The van der Waals surface area contributed by atoms with Crippen LogP contribution in [0.3, 0.4) is 0 Å². The number of aromatic amines is 1. The molecule has 1 aromatic carbocycles. The van der Waals surface area contributed by atoms with Crippen molar-refractivity contribution >= 4 is 11.7 Å². The van der Waals surface area contributed by atoms with Gasteiger partial charge in [0.05, 0.1) is 5.69 Å². The van der Waals surface area contributed by atoms with Crippen LogP contribution < -0.4 is 5.32 Å². The molecule has 19 heavy (non-hydrogen) atoms. The summed E-state index contributed by atoms with van der Waals surface area (Å²) in [4.78, 5) is 11.5. The number of carboxylic acid groups (broad SMARTS) is 1. The Bertz CT molecular complexity index is 585. The summed E-state index contributed by atoms with van der Waals surface area (Å²) in [7, 11) is 0. The van der Waals surface area contributed by atoms with Gasteiger partial charge < -0.3 is 10.4 Å². The summed E-state index contributed by atoms with van der Waals surface area (Å²) >= 11 is 0. The second kappa shape index (κ2) is 5.14. The summed E-state index contributed by atoms with van der Waals surface area (Å²) in [6.45, 7) is 5.56. The van der Waals surface area contributed by atoms with E-state index in [2.05, 4.69) is 15.5 Å². The van der Waals surface area contributed by atoms with Gasteiger partial charge in [0.15, 0.2) is 6.04 Å². The molecule has 3 N–H and O–H groups in total. The third kappa shape index (κ3) is 2.59. The summed E-state index contributed by atoms with van der Waals surface area (Å²) in [5, 5.41) is 19.4. The van der Waals surface area contributed by atoms with Gasteiger partial charge in [0, 0.05) is 16.9 Å². The Hall–Kier alpha value is -2.30. The Labute approximate surface area is 111 Å². The van der Waals surface area contributed by atoms with Crippen LogP contribution in [0.4, 0.5) is 5.69 Å². The maximum Gasteiger partial charge on any atom is 0.330 e. The highest BCUT2D eigenvalue weighted by atomic mass is 16.4. The Morgan fingerprint density at radius 3 is 2.53 bits per heavy atom. The maximum absolute atomic E-state index is 11.5. The molecule has 0 spiro atoms. The fourth-order valence-electron chi connectivity index (χ4n) is 2.13. The van der Waals surface area contributed by atoms with Gasteiger partial charge in [-0.15, -0.1) is 0 Å². The lowest BCUT2D eigenvalue weighted by atomic mass is 10.0. The van der Waals surface area contributed by atoms with Crippen LogP contribution in [-0.2, 0) is 4.79 Å². The first kappa shape index (κ1) is 13.1. The molecule has 0 saturated heterocycles. The van der Waals surface area contributed by atoms with Crippen LogP contribution in [0.1, 0.15) is 28.6 Å². The SMILES string of the molecule is Cc1ccccc1NC(C(=O)O)c1c(C)n[nH]c1C. The zero-order chi connectivity index (χ0) is 14.0. The smallest absolute Gasteiger partial charge is 0.330 e. The number of nitrogens with one attached hydrogen (secondary N) is 2. The first-order valence-electron chi connectivity index (χ1n) is 6.07. The fraction of sp³-hybridized carbons (Fsp3) is 0.286. The Morgan fingerprint density at radius 1 is 1.32 bits per heavy atom. The number of hydrogen-bond acceptors (Lipinski definition) is 3. The Morgan fingerprint density at radius 2 is 2.00 bits per heavy atom. The van der Waals surface area contributed by atoms with Gasteiger partial charge in [0.25, 0.3) is 0 Å². The average Bonchev–Trinajstić information content (AvgIpc) is 2.68. The fourth-order valence-corrected chi connectivity index (χ4v) is 2.13. The van der Waals surface area contributed by atoms with Gasteiger partial charge in [-0.1, -0.05) is 18.2 Å². The minimum absolute atomic E-state index is 0.691. The molecular formula is C14H17N3O2. The van der Waals surface area contributed by atoms with Gasteiger partial charge in [-0.3, -0.25) is 5.10 Å². The van der Waals surface area contributed by atoms with Crippen molar-refractivity contribution in [3.05, 3.63) is 46.8 Å². The molecule has 0 amide bonds. The Balaban J connectivity index is 2.38. The van der Waals surface area contributed by atoms with Crippen molar-refractivity contribution in [1.82, 2.24) is 10.2 Å². The van der Waals surface area contributed by atoms with E-state index < -0.39 is 12.0 Å². The average molecular weight is 259 g/mol. The van der Waals surface area contributed by atoms with E-state index in [1.165, 1.54) is 0 Å².